The summed E-state index contributed by atoms with van der Waals surface area (Å²) < 4.78 is 9.72. The summed E-state index contributed by atoms with van der Waals surface area (Å²) in [6.45, 7) is 11.2. The Morgan fingerprint density at radius 3 is 2.11 bits per heavy atom. The zero-order chi connectivity index (χ0) is 29.0. The monoisotopic (exact) mass is 528 g/mol. The van der Waals surface area contributed by atoms with Crippen LogP contribution in [0.5, 0.6) is 0 Å². The molecule has 0 spiro atoms. The van der Waals surface area contributed by atoms with Crippen molar-refractivity contribution in [2.75, 3.05) is 13.6 Å². The van der Waals surface area contributed by atoms with Crippen LogP contribution in [0.3, 0.4) is 0 Å². The smallest absolute Gasteiger partial charge is 0.407 e. The molecule has 4 N–H and O–H groups in total. The van der Waals surface area contributed by atoms with Crippen LogP contribution in [0.25, 0.3) is 0 Å². The lowest BCUT2D eigenvalue weighted by molar-refractivity contribution is -0.138. The Labute approximate surface area is 227 Å². The maximum atomic E-state index is 11.7. The Morgan fingerprint density at radius 1 is 1.13 bits per heavy atom. The van der Waals surface area contributed by atoms with E-state index in [-0.39, 0.29) is 24.3 Å². The van der Waals surface area contributed by atoms with Crippen molar-refractivity contribution in [3.8, 4) is 0 Å². The Bertz CT molecular complexity index is 920. The molecule has 1 heterocycles. The average molecular weight is 529 g/mol. The number of piperidine rings is 1. The summed E-state index contributed by atoms with van der Waals surface area (Å²) in [6.07, 6.45) is 3.13. The standard InChI is InChI=1S/C16H17NO2.C7H15N3.C5H10O2.CH2O/c1-13(15-10-6-3-7-11-15)17-16(18)19-12-14-8-4-2-5-9-14;1-10-5-3-2-4-6(10)7(8)9;1-5(2,3)7-4-6;1-2/h2-11,13H,12H2,1H3,(H,17,18);6H,2-5H2,1H3,(H3,8,9);4H,1-3H3;1H2. The predicted molar refractivity (Wildman–Crippen MR) is 151 cm³/mol. The number of alkyl carbamates (subject to hydrolysis) is 1. The second-order valence-electron chi connectivity index (χ2n) is 9.61. The van der Waals surface area contributed by atoms with E-state index >= 15 is 0 Å². The molecule has 1 aliphatic rings. The molecule has 0 saturated carbocycles. The average Bonchev–Trinajstić information content (AvgIpc) is 2.90. The number of benzene rings is 2. The first-order valence-corrected chi connectivity index (χ1v) is 12.5. The number of rotatable bonds is 6. The number of ether oxygens (including phenoxy) is 2. The van der Waals surface area contributed by atoms with E-state index in [4.69, 9.17) is 20.7 Å². The molecular weight excluding hydrogens is 484 g/mol. The van der Waals surface area contributed by atoms with Crippen molar-refractivity contribution in [2.45, 2.75) is 71.2 Å². The quantitative estimate of drug-likeness (QED) is 0.277. The van der Waals surface area contributed by atoms with Gasteiger partial charge in [0.25, 0.3) is 6.47 Å². The Morgan fingerprint density at radius 2 is 1.68 bits per heavy atom. The van der Waals surface area contributed by atoms with Crippen molar-refractivity contribution in [2.24, 2.45) is 5.73 Å². The van der Waals surface area contributed by atoms with E-state index in [0.717, 1.165) is 24.1 Å². The fourth-order valence-corrected chi connectivity index (χ4v) is 3.38. The van der Waals surface area contributed by atoms with Gasteiger partial charge >= 0.3 is 6.09 Å². The van der Waals surface area contributed by atoms with Crippen LogP contribution in [0.4, 0.5) is 4.79 Å². The summed E-state index contributed by atoms with van der Waals surface area (Å²) >= 11 is 0. The van der Waals surface area contributed by atoms with Gasteiger partial charge in [-0.3, -0.25) is 15.1 Å². The second kappa shape index (κ2) is 19.4. The highest BCUT2D eigenvalue weighted by molar-refractivity contribution is 5.82. The summed E-state index contributed by atoms with van der Waals surface area (Å²) in [5.74, 6) is 0.321. The molecule has 1 fully saturated rings. The van der Waals surface area contributed by atoms with Crippen LogP contribution in [0.1, 0.15) is 64.1 Å². The maximum Gasteiger partial charge on any atom is 0.407 e. The minimum Gasteiger partial charge on any atom is -0.462 e. The highest BCUT2D eigenvalue weighted by Gasteiger charge is 2.20. The molecule has 3 rings (SSSR count). The second-order valence-corrected chi connectivity index (χ2v) is 9.61. The number of carbonyl (C=O) groups is 3. The fourth-order valence-electron chi connectivity index (χ4n) is 3.38. The lowest BCUT2D eigenvalue weighted by atomic mass is 10.0. The van der Waals surface area contributed by atoms with Crippen LogP contribution in [0.2, 0.25) is 0 Å². The number of likely N-dealkylation sites (N-methyl/N-ethyl adjacent to an activating group) is 1. The summed E-state index contributed by atoms with van der Waals surface area (Å²) in [6, 6.07) is 19.6. The van der Waals surface area contributed by atoms with Gasteiger partial charge in [0.2, 0.25) is 0 Å². The van der Waals surface area contributed by atoms with Crippen LogP contribution in [0, 0.1) is 5.41 Å². The fraction of sp³-hybridized carbons (Fsp3) is 0.448. The predicted octanol–water partition coefficient (Wildman–Crippen LogP) is 4.85. The van der Waals surface area contributed by atoms with Crippen molar-refractivity contribution < 1.29 is 23.9 Å². The molecule has 9 heteroatoms. The van der Waals surface area contributed by atoms with Gasteiger partial charge in [0.1, 0.15) is 24.8 Å². The lowest BCUT2D eigenvalue weighted by Gasteiger charge is -2.31. The molecule has 1 saturated heterocycles. The van der Waals surface area contributed by atoms with Crippen molar-refractivity contribution in [1.29, 1.82) is 5.41 Å². The van der Waals surface area contributed by atoms with Gasteiger partial charge in [0.05, 0.1) is 12.1 Å². The van der Waals surface area contributed by atoms with Crippen LogP contribution >= 0.6 is 0 Å². The van der Waals surface area contributed by atoms with Gasteiger partial charge in [-0.05, 0) is 65.3 Å². The van der Waals surface area contributed by atoms with Gasteiger partial charge in [-0.25, -0.2) is 4.79 Å². The zero-order valence-corrected chi connectivity index (χ0v) is 23.3. The first-order valence-electron chi connectivity index (χ1n) is 12.5. The largest absolute Gasteiger partial charge is 0.462 e. The molecule has 9 nitrogen and oxygen atoms in total. The molecule has 210 valence electrons. The van der Waals surface area contributed by atoms with E-state index in [9.17, 15) is 9.59 Å². The number of hydrogen-bond donors (Lipinski definition) is 3. The number of amidine groups is 1. The van der Waals surface area contributed by atoms with Gasteiger partial charge in [0.15, 0.2) is 0 Å². The number of nitrogens with zero attached hydrogens (tertiary/aromatic N) is 1. The van der Waals surface area contributed by atoms with Gasteiger partial charge in [-0.15, -0.1) is 0 Å². The number of amides is 1. The molecule has 0 radical (unpaired) electrons. The van der Waals surface area contributed by atoms with Crippen LogP contribution in [-0.4, -0.2) is 55.3 Å². The molecule has 0 aliphatic carbocycles. The minimum atomic E-state index is -0.403. The molecular formula is C29H44N4O5. The Kier molecular flexibility index (Phi) is 17.5. The van der Waals surface area contributed by atoms with E-state index in [1.54, 1.807) is 0 Å². The van der Waals surface area contributed by atoms with Gasteiger partial charge in [-0.2, -0.15) is 0 Å². The number of nitrogens with two attached hydrogens (primary N) is 1. The zero-order valence-electron chi connectivity index (χ0n) is 23.3. The summed E-state index contributed by atoms with van der Waals surface area (Å²) in [4.78, 5) is 31.4. The molecule has 38 heavy (non-hydrogen) atoms. The molecule has 2 aromatic rings. The highest BCUT2D eigenvalue weighted by atomic mass is 16.5. The van der Waals surface area contributed by atoms with Gasteiger partial charge in [0, 0.05) is 0 Å². The van der Waals surface area contributed by atoms with E-state index < -0.39 is 6.09 Å². The molecule has 0 bridgehead atoms. The summed E-state index contributed by atoms with van der Waals surface area (Å²) in [5.41, 5.74) is 7.11. The first kappa shape index (κ1) is 34.3. The first-order chi connectivity index (χ1) is 18.0. The Hall–Kier alpha value is -3.72. The molecule has 2 aromatic carbocycles. The third-order valence-corrected chi connectivity index (χ3v) is 5.38. The van der Waals surface area contributed by atoms with Gasteiger partial charge < -0.3 is 25.3 Å². The highest BCUT2D eigenvalue weighted by Crippen LogP contribution is 2.14. The van der Waals surface area contributed by atoms with Crippen molar-refractivity contribution in [3.63, 3.8) is 0 Å². The minimum absolute atomic E-state index is 0.0653. The topological polar surface area (TPSA) is 135 Å². The molecule has 0 aromatic heterocycles. The maximum absolute atomic E-state index is 11.7. The van der Waals surface area contributed by atoms with Gasteiger partial charge in [-0.1, -0.05) is 67.1 Å². The van der Waals surface area contributed by atoms with Crippen LogP contribution in [-0.2, 0) is 25.7 Å². The van der Waals surface area contributed by atoms with E-state index in [0.29, 0.717) is 12.3 Å². The molecule has 1 amide bonds. The molecule has 2 atom stereocenters. The van der Waals surface area contributed by atoms with E-state index in [1.807, 2.05) is 102 Å². The number of nitrogens with one attached hydrogen (secondary N) is 2. The number of likely N-dealkylation sites (tertiary alicyclic amines) is 1. The third kappa shape index (κ3) is 16.1. The molecule has 1 aliphatic heterocycles. The summed E-state index contributed by atoms with van der Waals surface area (Å²) in [7, 11) is 2.03. The number of carbonyl (C=O) groups excluding carboxylic acids is 3. The van der Waals surface area contributed by atoms with Crippen molar-refractivity contribution in [3.05, 3.63) is 71.8 Å². The third-order valence-electron chi connectivity index (χ3n) is 5.38. The lowest BCUT2D eigenvalue weighted by Crippen LogP contribution is -2.44. The van der Waals surface area contributed by atoms with Crippen LogP contribution < -0.4 is 11.1 Å². The van der Waals surface area contributed by atoms with Crippen molar-refractivity contribution >= 4 is 25.2 Å². The van der Waals surface area contributed by atoms with Crippen molar-refractivity contribution in [1.82, 2.24) is 10.2 Å². The Balaban J connectivity index is 0.000000604. The molecule has 2 unspecified atom stereocenters. The van der Waals surface area contributed by atoms with Crippen LogP contribution in [0.15, 0.2) is 60.7 Å². The normalized spacial score (nSPS) is 15.3. The van der Waals surface area contributed by atoms with E-state index in [2.05, 4.69) is 15.0 Å². The number of hydrogen-bond acceptors (Lipinski definition) is 7. The SMILES string of the molecule is C=O.CC(C)(C)OC=O.CC(NC(=O)OCc1ccccc1)c1ccccc1.CN1CCCCC1C(=N)N. The van der Waals surface area contributed by atoms with E-state index in [1.165, 1.54) is 12.8 Å². The summed E-state index contributed by atoms with van der Waals surface area (Å²) in [5, 5.41) is 10.1.